The smallest absolute Gasteiger partial charge is 0.0654 e. The van der Waals surface area contributed by atoms with E-state index in [1.807, 2.05) is 0 Å². The van der Waals surface area contributed by atoms with Gasteiger partial charge in [-0.3, -0.25) is 0 Å². The molecule has 0 radical (unpaired) electrons. The van der Waals surface area contributed by atoms with Crippen LogP contribution in [0.5, 0.6) is 0 Å². The SMILES string of the molecule is CCCCCC[Si@H]1CCc2ccccc21. The molecule has 0 saturated heterocycles. The quantitative estimate of drug-likeness (QED) is 0.526. The molecule has 0 aliphatic carbocycles. The summed E-state index contributed by atoms with van der Waals surface area (Å²) in [7, 11) is -0.521. The molecule has 1 heterocycles. The first-order chi connectivity index (χ1) is 7.42. The van der Waals surface area contributed by atoms with Gasteiger partial charge < -0.3 is 0 Å². The molecule has 0 amide bonds. The summed E-state index contributed by atoms with van der Waals surface area (Å²) >= 11 is 0. The second kappa shape index (κ2) is 5.50. The van der Waals surface area contributed by atoms with Gasteiger partial charge in [0.15, 0.2) is 0 Å². The van der Waals surface area contributed by atoms with Crippen molar-refractivity contribution < 1.29 is 0 Å². The van der Waals surface area contributed by atoms with E-state index in [9.17, 15) is 0 Å². The maximum absolute atomic E-state index is 2.40. The Hall–Kier alpha value is -0.563. The number of hydrogen-bond donors (Lipinski definition) is 0. The molecule has 15 heavy (non-hydrogen) atoms. The molecule has 0 fully saturated rings. The minimum absolute atomic E-state index is 0.521. The Bertz CT molecular complexity index is 306. The molecular weight excluding hydrogens is 196 g/mol. The van der Waals surface area contributed by atoms with Crippen LogP contribution in [0, 0.1) is 0 Å². The largest absolute Gasteiger partial charge is 0.0715 e. The van der Waals surface area contributed by atoms with Gasteiger partial charge >= 0.3 is 0 Å². The summed E-state index contributed by atoms with van der Waals surface area (Å²) in [6.45, 7) is 2.29. The van der Waals surface area contributed by atoms with Gasteiger partial charge in [0, 0.05) is 0 Å². The highest BCUT2D eigenvalue weighted by Gasteiger charge is 2.22. The van der Waals surface area contributed by atoms with E-state index in [0.29, 0.717) is 0 Å². The Morgan fingerprint density at radius 3 is 2.87 bits per heavy atom. The molecule has 2 rings (SSSR count). The lowest BCUT2D eigenvalue weighted by Crippen LogP contribution is -2.25. The minimum Gasteiger partial charge on any atom is -0.0654 e. The van der Waals surface area contributed by atoms with E-state index in [0.717, 1.165) is 0 Å². The number of benzene rings is 1. The zero-order valence-electron chi connectivity index (χ0n) is 9.84. The maximum atomic E-state index is 2.40. The summed E-state index contributed by atoms with van der Waals surface area (Å²) in [5, 5.41) is 1.79. The first-order valence-electron chi connectivity index (χ1n) is 6.49. The van der Waals surface area contributed by atoms with Crippen LogP contribution in [0.15, 0.2) is 24.3 Å². The van der Waals surface area contributed by atoms with Crippen molar-refractivity contribution in [3.8, 4) is 0 Å². The van der Waals surface area contributed by atoms with Crippen LogP contribution in [0.25, 0.3) is 0 Å². The predicted molar refractivity (Wildman–Crippen MR) is 70.7 cm³/mol. The van der Waals surface area contributed by atoms with Crippen molar-refractivity contribution >= 4 is 14.0 Å². The Kier molecular flexibility index (Phi) is 4.01. The molecule has 1 aromatic rings. The van der Waals surface area contributed by atoms with Crippen molar-refractivity contribution in [3.05, 3.63) is 29.8 Å². The summed E-state index contributed by atoms with van der Waals surface area (Å²) in [5.41, 5.74) is 1.67. The number of hydrogen-bond acceptors (Lipinski definition) is 0. The van der Waals surface area contributed by atoms with Crippen molar-refractivity contribution in [3.63, 3.8) is 0 Å². The average Bonchev–Trinajstić information content (AvgIpc) is 2.68. The van der Waals surface area contributed by atoms with Crippen molar-refractivity contribution in [1.29, 1.82) is 0 Å². The molecule has 1 aliphatic rings. The molecule has 1 heteroatoms. The Labute approximate surface area is 95.3 Å². The van der Waals surface area contributed by atoms with Gasteiger partial charge in [-0.15, -0.1) is 0 Å². The fourth-order valence-corrected chi connectivity index (χ4v) is 6.26. The highest BCUT2D eigenvalue weighted by molar-refractivity contribution is 6.74. The van der Waals surface area contributed by atoms with Gasteiger partial charge in [-0.2, -0.15) is 0 Å². The molecule has 0 spiro atoms. The molecule has 82 valence electrons. The van der Waals surface area contributed by atoms with E-state index in [1.54, 1.807) is 16.8 Å². The van der Waals surface area contributed by atoms with Crippen LogP contribution < -0.4 is 5.19 Å². The molecule has 1 aromatic carbocycles. The molecule has 1 atom stereocenters. The molecule has 0 N–H and O–H groups in total. The molecule has 0 unspecified atom stereocenters. The van der Waals surface area contributed by atoms with Crippen molar-refractivity contribution in [2.24, 2.45) is 0 Å². The fraction of sp³-hybridized carbons (Fsp3) is 0.571. The lowest BCUT2D eigenvalue weighted by atomic mass is 10.2. The van der Waals surface area contributed by atoms with Gasteiger partial charge in [0.25, 0.3) is 0 Å². The van der Waals surface area contributed by atoms with E-state index in [-0.39, 0.29) is 0 Å². The fourth-order valence-electron chi connectivity index (χ4n) is 2.76. The summed E-state index contributed by atoms with van der Waals surface area (Å²) in [5.74, 6) is 0. The molecule has 1 aliphatic heterocycles. The average molecular weight is 218 g/mol. The number of unbranched alkanes of at least 4 members (excludes halogenated alkanes) is 3. The van der Waals surface area contributed by atoms with Gasteiger partial charge in [0.2, 0.25) is 0 Å². The van der Waals surface area contributed by atoms with E-state index >= 15 is 0 Å². The van der Waals surface area contributed by atoms with Crippen LogP contribution in [-0.4, -0.2) is 8.80 Å². The van der Waals surface area contributed by atoms with E-state index < -0.39 is 8.80 Å². The second-order valence-electron chi connectivity index (χ2n) is 4.78. The molecule has 0 nitrogen and oxygen atoms in total. The lowest BCUT2D eigenvalue weighted by molar-refractivity contribution is 0.699. The molecule has 0 saturated carbocycles. The molecule has 0 aromatic heterocycles. The third-order valence-corrected chi connectivity index (χ3v) is 7.20. The van der Waals surface area contributed by atoms with E-state index in [2.05, 4.69) is 31.2 Å². The normalized spacial score (nSPS) is 19.1. The Balaban J connectivity index is 1.85. The highest BCUT2D eigenvalue weighted by atomic mass is 28.3. The standard InChI is InChI=1S/C14H22Si/c1-2-3-4-7-11-15-12-10-13-8-5-6-9-14(13)15/h5-6,8-9,15H,2-4,7,10-12H2,1H3/t15-/m0/s1. The third kappa shape index (κ3) is 2.72. The van der Waals surface area contributed by atoms with Gasteiger partial charge in [-0.05, 0) is 12.0 Å². The van der Waals surface area contributed by atoms with Crippen LogP contribution in [0.1, 0.15) is 38.2 Å². The number of aryl methyl sites for hydroxylation is 1. The Morgan fingerprint density at radius 2 is 2.00 bits per heavy atom. The van der Waals surface area contributed by atoms with Gasteiger partial charge in [0.1, 0.15) is 0 Å². The maximum Gasteiger partial charge on any atom is 0.0715 e. The van der Waals surface area contributed by atoms with Crippen LogP contribution in [0.3, 0.4) is 0 Å². The topological polar surface area (TPSA) is 0 Å². The molecule has 0 bridgehead atoms. The lowest BCUT2D eigenvalue weighted by Gasteiger charge is -2.09. The van der Waals surface area contributed by atoms with E-state index in [4.69, 9.17) is 0 Å². The second-order valence-corrected chi connectivity index (χ2v) is 7.95. The molecular formula is C14H22Si. The first-order valence-corrected chi connectivity index (χ1v) is 8.70. The minimum atomic E-state index is -0.521. The van der Waals surface area contributed by atoms with Crippen LogP contribution in [-0.2, 0) is 6.42 Å². The van der Waals surface area contributed by atoms with Crippen LogP contribution in [0.2, 0.25) is 12.1 Å². The number of fused-ring (bicyclic) bond motifs is 1. The summed E-state index contributed by atoms with van der Waals surface area (Å²) in [6.07, 6.45) is 7.12. The zero-order chi connectivity index (χ0) is 10.5. The summed E-state index contributed by atoms with van der Waals surface area (Å²) in [4.78, 5) is 0. The number of rotatable bonds is 5. The van der Waals surface area contributed by atoms with Crippen LogP contribution in [0.4, 0.5) is 0 Å². The van der Waals surface area contributed by atoms with Crippen molar-refractivity contribution in [2.75, 3.05) is 0 Å². The van der Waals surface area contributed by atoms with E-state index in [1.165, 1.54) is 38.1 Å². The summed E-state index contributed by atoms with van der Waals surface area (Å²) < 4.78 is 0. The third-order valence-electron chi connectivity index (χ3n) is 3.66. The Morgan fingerprint density at radius 1 is 1.13 bits per heavy atom. The van der Waals surface area contributed by atoms with Gasteiger partial charge in [-0.25, -0.2) is 0 Å². The van der Waals surface area contributed by atoms with Crippen molar-refractivity contribution in [1.82, 2.24) is 0 Å². The predicted octanol–water partition coefficient (Wildman–Crippen LogP) is 3.26. The van der Waals surface area contributed by atoms with Gasteiger partial charge in [0.05, 0.1) is 8.80 Å². The van der Waals surface area contributed by atoms with Crippen LogP contribution >= 0.6 is 0 Å². The monoisotopic (exact) mass is 218 g/mol. The summed E-state index contributed by atoms with van der Waals surface area (Å²) in [6, 6.07) is 12.3. The first kappa shape index (κ1) is 10.9. The highest BCUT2D eigenvalue weighted by Crippen LogP contribution is 2.19. The van der Waals surface area contributed by atoms with Gasteiger partial charge in [-0.1, -0.05) is 74.1 Å². The zero-order valence-corrected chi connectivity index (χ0v) is 11.0. The van der Waals surface area contributed by atoms with Crippen molar-refractivity contribution in [2.45, 2.75) is 51.1 Å².